The Bertz CT molecular complexity index is 652. The second-order valence-corrected chi connectivity index (χ2v) is 5.75. The summed E-state index contributed by atoms with van der Waals surface area (Å²) in [5, 5.41) is 14.1. The standard InChI is InChI=1S/C14H17N5O/c20-14(9-1-2-12-13(5-9)17-18-16-12)19-4-3-10-6-15-7-11(10)8-19/h1-2,5,10-11,15H,3-4,6-8H2,(H,16,17,18)/t10-,11-/m0/s1. The lowest BCUT2D eigenvalue weighted by Gasteiger charge is -2.34. The second kappa shape index (κ2) is 4.56. The number of nitrogens with one attached hydrogen (secondary N) is 2. The summed E-state index contributed by atoms with van der Waals surface area (Å²) in [5.41, 5.74) is 2.24. The Morgan fingerprint density at radius 3 is 3.00 bits per heavy atom. The summed E-state index contributed by atoms with van der Waals surface area (Å²) in [5.74, 6) is 1.47. The van der Waals surface area contributed by atoms with Crippen molar-refractivity contribution in [3.8, 4) is 0 Å². The van der Waals surface area contributed by atoms with E-state index in [-0.39, 0.29) is 5.91 Å². The van der Waals surface area contributed by atoms with Crippen LogP contribution in [0.1, 0.15) is 16.8 Å². The maximum absolute atomic E-state index is 12.6. The summed E-state index contributed by atoms with van der Waals surface area (Å²) in [7, 11) is 0. The van der Waals surface area contributed by atoms with Gasteiger partial charge in [0.05, 0.1) is 0 Å². The number of benzene rings is 1. The van der Waals surface area contributed by atoms with Gasteiger partial charge in [0.2, 0.25) is 0 Å². The number of amides is 1. The monoisotopic (exact) mass is 271 g/mol. The van der Waals surface area contributed by atoms with Gasteiger partial charge in [0.15, 0.2) is 0 Å². The summed E-state index contributed by atoms with van der Waals surface area (Å²) < 4.78 is 0. The van der Waals surface area contributed by atoms with Gasteiger partial charge in [-0.25, -0.2) is 0 Å². The van der Waals surface area contributed by atoms with Crippen molar-refractivity contribution in [3.63, 3.8) is 0 Å². The molecule has 2 aromatic rings. The minimum absolute atomic E-state index is 0.111. The van der Waals surface area contributed by atoms with Gasteiger partial charge in [-0.05, 0) is 49.5 Å². The van der Waals surface area contributed by atoms with Crippen molar-refractivity contribution in [3.05, 3.63) is 23.8 Å². The predicted molar refractivity (Wildman–Crippen MR) is 74.3 cm³/mol. The Hall–Kier alpha value is -1.95. The molecule has 3 heterocycles. The number of hydrogen-bond donors (Lipinski definition) is 2. The number of carbonyl (C=O) groups excluding carboxylic acids is 1. The Balaban J connectivity index is 1.56. The first-order valence-electron chi connectivity index (χ1n) is 7.12. The highest BCUT2D eigenvalue weighted by Gasteiger charge is 2.34. The lowest BCUT2D eigenvalue weighted by Crippen LogP contribution is -2.43. The van der Waals surface area contributed by atoms with E-state index in [4.69, 9.17) is 0 Å². The molecule has 6 heteroatoms. The molecule has 0 radical (unpaired) electrons. The fourth-order valence-corrected chi connectivity index (χ4v) is 3.38. The molecule has 1 aromatic heterocycles. The minimum Gasteiger partial charge on any atom is -0.338 e. The van der Waals surface area contributed by atoms with Crippen LogP contribution in [-0.2, 0) is 0 Å². The topological polar surface area (TPSA) is 73.9 Å². The number of carbonyl (C=O) groups is 1. The zero-order valence-electron chi connectivity index (χ0n) is 11.2. The third kappa shape index (κ3) is 1.87. The van der Waals surface area contributed by atoms with Gasteiger partial charge in [0.25, 0.3) is 5.91 Å². The number of likely N-dealkylation sites (tertiary alicyclic amines) is 1. The van der Waals surface area contributed by atoms with Gasteiger partial charge in [-0.15, -0.1) is 0 Å². The first kappa shape index (κ1) is 11.8. The molecule has 0 bridgehead atoms. The highest BCUT2D eigenvalue weighted by molar-refractivity contribution is 5.97. The molecule has 4 rings (SSSR count). The number of piperidine rings is 1. The fourth-order valence-electron chi connectivity index (χ4n) is 3.38. The van der Waals surface area contributed by atoms with Crippen LogP contribution >= 0.6 is 0 Å². The molecule has 0 spiro atoms. The van der Waals surface area contributed by atoms with Gasteiger partial charge < -0.3 is 10.2 Å². The number of fused-ring (bicyclic) bond motifs is 2. The number of aromatic amines is 1. The van der Waals surface area contributed by atoms with Crippen molar-refractivity contribution in [1.82, 2.24) is 25.6 Å². The van der Waals surface area contributed by atoms with Crippen LogP contribution in [0.3, 0.4) is 0 Å². The van der Waals surface area contributed by atoms with Crippen molar-refractivity contribution >= 4 is 16.9 Å². The molecule has 104 valence electrons. The van der Waals surface area contributed by atoms with Gasteiger partial charge in [0.1, 0.15) is 11.0 Å². The van der Waals surface area contributed by atoms with Gasteiger partial charge in [-0.2, -0.15) is 15.4 Å². The lowest BCUT2D eigenvalue weighted by molar-refractivity contribution is 0.0642. The molecule has 1 amide bonds. The first-order chi connectivity index (χ1) is 9.81. The molecule has 1 aromatic carbocycles. The molecule has 0 unspecified atom stereocenters. The minimum atomic E-state index is 0.111. The molecule has 2 aliphatic rings. The summed E-state index contributed by atoms with van der Waals surface area (Å²) in [6, 6.07) is 5.50. The van der Waals surface area contributed by atoms with Crippen LogP contribution in [0.2, 0.25) is 0 Å². The van der Waals surface area contributed by atoms with Crippen LogP contribution in [0.4, 0.5) is 0 Å². The van der Waals surface area contributed by atoms with E-state index in [0.717, 1.165) is 49.6 Å². The molecule has 20 heavy (non-hydrogen) atoms. The smallest absolute Gasteiger partial charge is 0.253 e. The third-order valence-electron chi connectivity index (χ3n) is 4.55. The van der Waals surface area contributed by atoms with E-state index < -0.39 is 0 Å². The van der Waals surface area contributed by atoms with E-state index >= 15 is 0 Å². The highest BCUT2D eigenvalue weighted by atomic mass is 16.2. The quantitative estimate of drug-likeness (QED) is 0.798. The third-order valence-corrected chi connectivity index (χ3v) is 4.55. The lowest BCUT2D eigenvalue weighted by atomic mass is 9.88. The Morgan fingerprint density at radius 2 is 2.05 bits per heavy atom. The Labute approximate surface area is 116 Å². The van der Waals surface area contributed by atoms with Crippen molar-refractivity contribution in [1.29, 1.82) is 0 Å². The van der Waals surface area contributed by atoms with Crippen LogP contribution in [-0.4, -0.2) is 52.4 Å². The SMILES string of the molecule is O=C(c1ccc2n[nH]nc2c1)N1CC[C@H]2CNC[C@H]2C1. The van der Waals surface area contributed by atoms with E-state index in [2.05, 4.69) is 20.7 Å². The average Bonchev–Trinajstić information content (AvgIpc) is 3.13. The van der Waals surface area contributed by atoms with Crippen molar-refractivity contribution < 1.29 is 4.79 Å². The van der Waals surface area contributed by atoms with E-state index in [9.17, 15) is 4.79 Å². The summed E-state index contributed by atoms with van der Waals surface area (Å²) in [4.78, 5) is 14.6. The highest BCUT2D eigenvalue weighted by Crippen LogP contribution is 2.27. The van der Waals surface area contributed by atoms with Crippen molar-refractivity contribution in [2.45, 2.75) is 6.42 Å². The second-order valence-electron chi connectivity index (χ2n) is 5.75. The van der Waals surface area contributed by atoms with Gasteiger partial charge >= 0.3 is 0 Å². The predicted octanol–water partition coefficient (Wildman–Crippen LogP) is 0.639. The Morgan fingerprint density at radius 1 is 1.20 bits per heavy atom. The van der Waals surface area contributed by atoms with E-state index in [1.54, 1.807) is 0 Å². The first-order valence-corrected chi connectivity index (χ1v) is 7.12. The van der Waals surface area contributed by atoms with Crippen LogP contribution in [0, 0.1) is 11.8 Å². The molecular weight excluding hydrogens is 254 g/mol. The van der Waals surface area contributed by atoms with E-state index in [1.807, 2.05) is 23.1 Å². The van der Waals surface area contributed by atoms with Crippen LogP contribution in [0.25, 0.3) is 11.0 Å². The van der Waals surface area contributed by atoms with E-state index in [0.29, 0.717) is 11.5 Å². The molecule has 0 aliphatic carbocycles. The van der Waals surface area contributed by atoms with Crippen molar-refractivity contribution in [2.75, 3.05) is 26.2 Å². The van der Waals surface area contributed by atoms with E-state index in [1.165, 1.54) is 0 Å². The summed E-state index contributed by atoms with van der Waals surface area (Å²) in [6.45, 7) is 3.88. The van der Waals surface area contributed by atoms with Crippen LogP contribution < -0.4 is 5.32 Å². The number of rotatable bonds is 1. The average molecular weight is 271 g/mol. The molecule has 2 fully saturated rings. The van der Waals surface area contributed by atoms with Crippen molar-refractivity contribution in [2.24, 2.45) is 11.8 Å². The maximum Gasteiger partial charge on any atom is 0.253 e. The molecule has 2 N–H and O–H groups in total. The summed E-state index contributed by atoms with van der Waals surface area (Å²) in [6.07, 6.45) is 1.11. The van der Waals surface area contributed by atoms with Crippen LogP contribution in [0.15, 0.2) is 18.2 Å². The number of nitrogens with zero attached hydrogens (tertiary/aromatic N) is 3. The Kier molecular flexibility index (Phi) is 2.70. The molecule has 2 atom stereocenters. The fraction of sp³-hybridized carbons (Fsp3) is 0.500. The van der Waals surface area contributed by atoms with Gasteiger partial charge in [-0.1, -0.05) is 0 Å². The zero-order chi connectivity index (χ0) is 13.5. The number of aromatic nitrogens is 3. The van der Waals surface area contributed by atoms with Gasteiger partial charge in [-0.3, -0.25) is 4.79 Å². The van der Waals surface area contributed by atoms with Gasteiger partial charge in [0, 0.05) is 18.7 Å². The molecule has 6 nitrogen and oxygen atoms in total. The molecule has 2 saturated heterocycles. The normalized spacial score (nSPS) is 25.9. The number of H-pyrrole nitrogens is 1. The zero-order valence-corrected chi connectivity index (χ0v) is 11.2. The molecule has 0 saturated carbocycles. The summed E-state index contributed by atoms with van der Waals surface area (Å²) >= 11 is 0. The largest absolute Gasteiger partial charge is 0.338 e. The maximum atomic E-state index is 12.6. The number of hydrogen-bond acceptors (Lipinski definition) is 4. The van der Waals surface area contributed by atoms with Crippen LogP contribution in [0.5, 0.6) is 0 Å². The molecular formula is C14H17N5O. The molecule has 2 aliphatic heterocycles.